The van der Waals surface area contributed by atoms with Crippen LogP contribution in [0, 0.1) is 11.8 Å². The van der Waals surface area contributed by atoms with Crippen molar-refractivity contribution in [3.8, 4) is 11.8 Å². The molecule has 0 spiro atoms. The van der Waals surface area contributed by atoms with Gasteiger partial charge in [-0.2, -0.15) is 13.2 Å². The van der Waals surface area contributed by atoms with Gasteiger partial charge >= 0.3 is 17.8 Å². The van der Waals surface area contributed by atoms with Gasteiger partial charge in [0.05, 0.1) is 12.7 Å². The molecule has 1 aliphatic rings. The predicted molar refractivity (Wildman–Crippen MR) is 194 cm³/mol. The number of aromatic nitrogens is 2. The van der Waals surface area contributed by atoms with Crippen LogP contribution in [0.1, 0.15) is 73.6 Å². The van der Waals surface area contributed by atoms with Gasteiger partial charge < -0.3 is 24.0 Å². The van der Waals surface area contributed by atoms with E-state index in [0.717, 1.165) is 0 Å². The summed E-state index contributed by atoms with van der Waals surface area (Å²) in [5.74, 6) is 4.09. The normalized spacial score (nSPS) is 19.2. The molecule has 1 saturated heterocycles. The zero-order valence-corrected chi connectivity index (χ0v) is 33.4. The molecule has 3 atom stereocenters. The minimum absolute atomic E-state index is 0.000543. The maximum Gasteiger partial charge on any atom is 0.471 e. The summed E-state index contributed by atoms with van der Waals surface area (Å²) in [6, 6.07) is 0. The number of nitrogens with one attached hydrogen (secondary N) is 2. The van der Waals surface area contributed by atoms with E-state index in [-0.39, 0.29) is 40.5 Å². The standard InChI is InChI=1S/C30H48F3N3O7S4Si/c1-27(2,3)46-45-19-41-21-14-23(43-22(21)16-42-48(9,10)28(4,5)6)36-15-20(24(37)35-26(36)39)12-11-13-40-18-44-47-29(7,8)17-34-25(38)30(31,32)33/h15,21-23H,13-14,16-19H2,1-10H3,(H,34,38)(H,35,37,39)/t21?,22-,23-/m1/s1. The van der Waals surface area contributed by atoms with Gasteiger partial charge in [-0.1, -0.05) is 96.6 Å². The molecule has 2 N–H and O–H groups in total. The van der Waals surface area contributed by atoms with Crippen molar-refractivity contribution < 1.29 is 36.6 Å². The van der Waals surface area contributed by atoms with Gasteiger partial charge in [0.15, 0.2) is 8.32 Å². The van der Waals surface area contributed by atoms with Gasteiger partial charge in [0.2, 0.25) is 0 Å². The molecule has 48 heavy (non-hydrogen) atoms. The number of ether oxygens (including phenoxy) is 3. The molecule has 0 bridgehead atoms. The first kappa shape index (κ1) is 43.1. The lowest BCUT2D eigenvalue weighted by Gasteiger charge is -2.37. The second-order valence-corrected chi connectivity index (χ2v) is 25.0. The van der Waals surface area contributed by atoms with Crippen molar-refractivity contribution in [3.63, 3.8) is 0 Å². The largest absolute Gasteiger partial charge is 0.471 e. The smallest absolute Gasteiger partial charge is 0.414 e. The molecule has 2 heterocycles. The quantitative estimate of drug-likeness (QED) is 0.0665. The number of nitrogens with zero attached hydrogens (tertiary/aromatic N) is 1. The maximum atomic E-state index is 12.9. The Kier molecular flexibility index (Phi) is 16.1. The van der Waals surface area contributed by atoms with E-state index in [1.165, 1.54) is 32.4 Å². The van der Waals surface area contributed by atoms with E-state index < -0.39 is 48.7 Å². The van der Waals surface area contributed by atoms with Gasteiger partial charge in [-0.3, -0.25) is 19.1 Å². The van der Waals surface area contributed by atoms with Crippen LogP contribution >= 0.6 is 43.2 Å². The van der Waals surface area contributed by atoms with E-state index in [4.69, 9.17) is 18.6 Å². The Morgan fingerprint density at radius 2 is 1.73 bits per heavy atom. The highest BCUT2D eigenvalue weighted by Gasteiger charge is 2.42. The second-order valence-electron chi connectivity index (χ2n) is 14.2. The summed E-state index contributed by atoms with van der Waals surface area (Å²) in [7, 11) is 3.73. The van der Waals surface area contributed by atoms with Crippen LogP contribution < -0.4 is 16.6 Å². The molecule has 1 fully saturated rings. The van der Waals surface area contributed by atoms with Crippen molar-refractivity contribution >= 4 is 57.4 Å². The van der Waals surface area contributed by atoms with E-state index >= 15 is 0 Å². The van der Waals surface area contributed by atoms with E-state index in [1.807, 2.05) is 5.32 Å². The highest BCUT2D eigenvalue weighted by atomic mass is 33.1. The van der Waals surface area contributed by atoms with Crippen LogP contribution in [0.15, 0.2) is 15.8 Å². The Balaban J connectivity index is 2.03. The van der Waals surface area contributed by atoms with Crippen LogP contribution in [0.5, 0.6) is 0 Å². The minimum atomic E-state index is -4.93. The highest BCUT2D eigenvalue weighted by Crippen LogP contribution is 2.40. The lowest BCUT2D eigenvalue weighted by Crippen LogP contribution is -2.44. The van der Waals surface area contributed by atoms with E-state index in [0.29, 0.717) is 19.0 Å². The number of hydrogen-bond donors (Lipinski definition) is 2. The highest BCUT2D eigenvalue weighted by molar-refractivity contribution is 8.77. The van der Waals surface area contributed by atoms with Crippen molar-refractivity contribution in [2.75, 3.05) is 31.6 Å². The third kappa shape index (κ3) is 14.7. The Hall–Kier alpha value is -1.04. The number of H-pyrrole nitrogens is 1. The van der Waals surface area contributed by atoms with Crippen molar-refractivity contribution in [2.45, 2.75) is 114 Å². The fourth-order valence-corrected chi connectivity index (χ4v) is 8.82. The number of carbonyl (C=O) groups excluding carboxylic acids is 1. The molecular formula is C30H48F3N3O7S4Si. The number of hydrogen-bond acceptors (Lipinski definition) is 11. The summed E-state index contributed by atoms with van der Waals surface area (Å²) in [5, 5.41) is 1.87. The molecule has 1 aromatic heterocycles. The third-order valence-corrected chi connectivity index (χ3v) is 17.7. The zero-order valence-electron chi connectivity index (χ0n) is 29.1. The van der Waals surface area contributed by atoms with Gasteiger partial charge in [0.25, 0.3) is 5.56 Å². The summed E-state index contributed by atoms with van der Waals surface area (Å²) in [6.45, 7) is 20.7. The summed E-state index contributed by atoms with van der Waals surface area (Å²) in [4.78, 5) is 38.8. The molecule has 0 aliphatic carbocycles. The Labute approximate surface area is 297 Å². The van der Waals surface area contributed by atoms with Crippen molar-refractivity contribution in [1.29, 1.82) is 0 Å². The maximum absolute atomic E-state index is 12.9. The number of alkyl halides is 3. The molecule has 1 unspecified atom stereocenters. The molecular weight excluding hydrogens is 728 g/mol. The Bertz CT molecular complexity index is 1400. The molecule has 1 aliphatic heterocycles. The molecule has 274 valence electrons. The number of rotatable bonds is 15. The first-order valence-corrected chi connectivity index (χ1v) is 22.8. The van der Waals surface area contributed by atoms with Crippen molar-refractivity contribution in [2.24, 2.45) is 0 Å². The fourth-order valence-electron chi connectivity index (χ4n) is 3.67. The van der Waals surface area contributed by atoms with Crippen LogP contribution in [-0.2, 0) is 23.4 Å². The summed E-state index contributed by atoms with van der Waals surface area (Å²) >= 11 is 0. The van der Waals surface area contributed by atoms with Crippen molar-refractivity contribution in [3.05, 3.63) is 32.6 Å². The molecule has 0 saturated carbocycles. The van der Waals surface area contributed by atoms with Crippen LogP contribution in [-0.4, -0.2) is 83.3 Å². The molecule has 1 aromatic rings. The molecule has 10 nitrogen and oxygen atoms in total. The Morgan fingerprint density at radius 1 is 1.08 bits per heavy atom. The van der Waals surface area contributed by atoms with Gasteiger partial charge in [-0.05, 0) is 32.0 Å². The average molecular weight is 776 g/mol. The monoisotopic (exact) mass is 775 g/mol. The lowest BCUT2D eigenvalue weighted by molar-refractivity contribution is -0.173. The molecule has 18 heteroatoms. The molecule has 0 aromatic carbocycles. The van der Waals surface area contributed by atoms with Gasteiger partial charge in [-0.25, -0.2) is 4.79 Å². The molecule has 1 amide bonds. The van der Waals surface area contributed by atoms with Crippen LogP contribution in [0.4, 0.5) is 13.2 Å². The van der Waals surface area contributed by atoms with Crippen LogP contribution in [0.25, 0.3) is 0 Å². The number of aromatic amines is 1. The molecule has 0 radical (unpaired) electrons. The first-order valence-electron chi connectivity index (χ1n) is 15.2. The summed E-state index contributed by atoms with van der Waals surface area (Å²) in [6.07, 6.45) is -4.65. The number of carbonyl (C=O) groups is 1. The fraction of sp³-hybridized carbons (Fsp3) is 0.767. The lowest BCUT2D eigenvalue weighted by atomic mass is 10.2. The number of halogens is 3. The summed E-state index contributed by atoms with van der Waals surface area (Å²) in [5.41, 5.74) is -1.21. The van der Waals surface area contributed by atoms with Gasteiger partial charge in [0.1, 0.15) is 36.4 Å². The van der Waals surface area contributed by atoms with E-state index in [2.05, 4.69) is 71.5 Å². The van der Waals surface area contributed by atoms with Gasteiger partial charge in [-0.15, -0.1) is 0 Å². The van der Waals surface area contributed by atoms with E-state index in [9.17, 15) is 27.6 Å². The SMILES string of the molecule is CC(C)(C)SSCOC1C[C@H](n2cc(C#CCOCSSC(C)(C)CNC(=O)C(F)(F)F)c(=O)[nH]c2=O)O[C@@H]1CO[Si](C)(C)C(C)(C)C. The second kappa shape index (κ2) is 17.9. The first-order chi connectivity index (χ1) is 21.9. The number of amides is 1. The third-order valence-electron chi connectivity index (χ3n) is 7.26. The topological polar surface area (TPSA) is 121 Å². The average Bonchev–Trinajstić information content (AvgIpc) is 3.34. The Morgan fingerprint density at radius 3 is 2.33 bits per heavy atom. The van der Waals surface area contributed by atoms with Crippen molar-refractivity contribution in [1.82, 2.24) is 14.9 Å². The zero-order chi connectivity index (χ0) is 36.6. The van der Waals surface area contributed by atoms with Crippen LogP contribution in [0.3, 0.4) is 0 Å². The summed E-state index contributed by atoms with van der Waals surface area (Å²) < 4.78 is 62.4. The van der Waals surface area contributed by atoms with Gasteiger partial charge in [0, 0.05) is 28.7 Å². The predicted octanol–water partition coefficient (Wildman–Crippen LogP) is 6.53. The molecule has 2 rings (SSSR count). The van der Waals surface area contributed by atoms with Crippen LogP contribution in [0.2, 0.25) is 18.1 Å². The minimum Gasteiger partial charge on any atom is -0.414 e. The van der Waals surface area contributed by atoms with E-state index in [1.54, 1.807) is 35.4 Å².